The van der Waals surface area contributed by atoms with E-state index in [0.717, 1.165) is 12.1 Å². The molecule has 1 aromatic heterocycles. The van der Waals surface area contributed by atoms with Gasteiger partial charge in [0.1, 0.15) is 11.5 Å². The molecule has 2 N–H and O–H groups in total. The summed E-state index contributed by atoms with van der Waals surface area (Å²) in [6.45, 7) is 3.98. The van der Waals surface area contributed by atoms with Crippen molar-refractivity contribution >= 4 is 0 Å². The van der Waals surface area contributed by atoms with Crippen molar-refractivity contribution in [3.05, 3.63) is 64.7 Å². The van der Waals surface area contributed by atoms with Crippen LogP contribution in [0.15, 0.2) is 30.3 Å². The quantitative estimate of drug-likeness (QED) is 0.817. The molecule has 0 bridgehead atoms. The lowest BCUT2D eigenvalue weighted by molar-refractivity contribution is 0.209. The van der Waals surface area contributed by atoms with Crippen LogP contribution in [0.25, 0.3) is 0 Å². The summed E-state index contributed by atoms with van der Waals surface area (Å²) in [6, 6.07) is 5.83. The van der Waals surface area contributed by atoms with Crippen molar-refractivity contribution in [2.45, 2.75) is 26.4 Å². The SMILES string of the molecule is CC(C)[C@H](CO)NCc1nc(C#Cc2ccc(F)c(F)c2)ccc1F. The summed E-state index contributed by atoms with van der Waals surface area (Å²) >= 11 is 0. The molecule has 1 heterocycles. The first-order chi connectivity index (χ1) is 11.9. The Kier molecular flexibility index (Phi) is 6.57. The molecule has 0 fully saturated rings. The number of nitrogens with zero attached hydrogens (tertiary/aromatic N) is 1. The highest BCUT2D eigenvalue weighted by Crippen LogP contribution is 2.10. The Morgan fingerprint density at radius 1 is 1.04 bits per heavy atom. The average Bonchev–Trinajstić information content (AvgIpc) is 2.58. The van der Waals surface area contributed by atoms with Crippen molar-refractivity contribution < 1.29 is 18.3 Å². The molecule has 0 unspecified atom stereocenters. The Hall–Kier alpha value is -2.36. The Balaban J connectivity index is 2.16. The summed E-state index contributed by atoms with van der Waals surface area (Å²) in [4.78, 5) is 4.13. The molecule has 0 radical (unpaired) electrons. The maximum absolute atomic E-state index is 13.9. The Morgan fingerprint density at radius 3 is 2.40 bits per heavy atom. The minimum absolute atomic E-state index is 0.0606. The van der Waals surface area contributed by atoms with E-state index in [4.69, 9.17) is 0 Å². The van der Waals surface area contributed by atoms with Gasteiger partial charge in [-0.05, 0) is 42.2 Å². The van der Waals surface area contributed by atoms with Crippen LogP contribution in [-0.2, 0) is 6.54 Å². The zero-order chi connectivity index (χ0) is 18.4. The molecule has 0 aliphatic rings. The predicted octanol–water partition coefficient (Wildman–Crippen LogP) is 3.01. The van der Waals surface area contributed by atoms with Crippen molar-refractivity contribution in [1.29, 1.82) is 0 Å². The molecular weight excluding hydrogens is 329 g/mol. The lowest BCUT2D eigenvalue weighted by atomic mass is 10.1. The van der Waals surface area contributed by atoms with Crippen molar-refractivity contribution in [1.82, 2.24) is 10.3 Å². The van der Waals surface area contributed by atoms with E-state index >= 15 is 0 Å². The van der Waals surface area contributed by atoms with Gasteiger partial charge in [0.2, 0.25) is 0 Å². The van der Waals surface area contributed by atoms with Gasteiger partial charge in [-0.1, -0.05) is 19.8 Å². The zero-order valence-corrected chi connectivity index (χ0v) is 14.0. The number of hydrogen-bond donors (Lipinski definition) is 2. The molecule has 0 amide bonds. The number of pyridine rings is 1. The van der Waals surface area contributed by atoms with Crippen molar-refractivity contribution in [2.24, 2.45) is 5.92 Å². The molecule has 132 valence electrons. The van der Waals surface area contributed by atoms with Crippen molar-refractivity contribution in [2.75, 3.05) is 6.61 Å². The summed E-state index contributed by atoms with van der Waals surface area (Å²) < 4.78 is 39.9. The highest BCUT2D eigenvalue weighted by molar-refractivity contribution is 5.40. The number of aliphatic hydroxyl groups excluding tert-OH is 1. The van der Waals surface area contributed by atoms with Gasteiger partial charge < -0.3 is 10.4 Å². The second-order valence-electron chi connectivity index (χ2n) is 5.92. The summed E-state index contributed by atoms with van der Waals surface area (Å²) in [7, 11) is 0. The average molecular weight is 348 g/mol. The van der Waals surface area contributed by atoms with Crippen LogP contribution in [-0.4, -0.2) is 22.7 Å². The summed E-state index contributed by atoms with van der Waals surface area (Å²) in [5.74, 6) is 3.16. The minimum atomic E-state index is -0.979. The number of hydrogen-bond acceptors (Lipinski definition) is 3. The van der Waals surface area contributed by atoms with E-state index in [-0.39, 0.29) is 30.8 Å². The fraction of sp³-hybridized carbons (Fsp3) is 0.316. The molecule has 1 aromatic carbocycles. The maximum Gasteiger partial charge on any atom is 0.160 e. The fourth-order valence-corrected chi connectivity index (χ4v) is 2.13. The van der Waals surface area contributed by atoms with Crippen molar-refractivity contribution in [3.8, 4) is 11.8 Å². The van der Waals surface area contributed by atoms with E-state index in [1.807, 2.05) is 13.8 Å². The molecule has 6 heteroatoms. The third kappa shape index (κ3) is 5.31. The molecule has 0 aliphatic heterocycles. The van der Waals surface area contributed by atoms with Crippen LogP contribution in [0.1, 0.15) is 30.8 Å². The lowest BCUT2D eigenvalue weighted by Gasteiger charge is -2.19. The lowest BCUT2D eigenvalue weighted by Crippen LogP contribution is -2.37. The first-order valence-electron chi connectivity index (χ1n) is 7.87. The minimum Gasteiger partial charge on any atom is -0.395 e. The van der Waals surface area contributed by atoms with E-state index in [0.29, 0.717) is 11.3 Å². The maximum atomic E-state index is 13.9. The third-order valence-electron chi connectivity index (χ3n) is 3.71. The number of nitrogens with one attached hydrogen (secondary N) is 1. The van der Waals surface area contributed by atoms with E-state index in [1.165, 1.54) is 18.2 Å². The van der Waals surface area contributed by atoms with E-state index in [2.05, 4.69) is 22.1 Å². The van der Waals surface area contributed by atoms with Gasteiger partial charge in [0.25, 0.3) is 0 Å². The van der Waals surface area contributed by atoms with Crippen LogP contribution in [0.2, 0.25) is 0 Å². The monoisotopic (exact) mass is 348 g/mol. The Labute approximate surface area is 144 Å². The summed E-state index contributed by atoms with van der Waals surface area (Å²) in [5, 5.41) is 12.3. The van der Waals surface area contributed by atoms with Gasteiger partial charge in [-0.2, -0.15) is 0 Å². The second kappa shape index (κ2) is 8.65. The van der Waals surface area contributed by atoms with Gasteiger partial charge in [-0.15, -0.1) is 0 Å². The van der Waals surface area contributed by atoms with Crippen LogP contribution in [0.4, 0.5) is 13.2 Å². The second-order valence-corrected chi connectivity index (χ2v) is 5.92. The molecule has 25 heavy (non-hydrogen) atoms. The van der Waals surface area contributed by atoms with Crippen LogP contribution in [0, 0.1) is 35.2 Å². The number of aliphatic hydroxyl groups is 1. The number of rotatable bonds is 5. The molecule has 0 aliphatic carbocycles. The Bertz CT molecular complexity index is 797. The smallest absolute Gasteiger partial charge is 0.160 e. The largest absolute Gasteiger partial charge is 0.395 e. The van der Waals surface area contributed by atoms with Crippen LogP contribution in [0.5, 0.6) is 0 Å². The molecule has 2 aromatic rings. The van der Waals surface area contributed by atoms with Gasteiger partial charge in [0.15, 0.2) is 11.6 Å². The Morgan fingerprint density at radius 2 is 1.76 bits per heavy atom. The van der Waals surface area contributed by atoms with Gasteiger partial charge in [-0.3, -0.25) is 0 Å². The third-order valence-corrected chi connectivity index (χ3v) is 3.71. The molecule has 2 rings (SSSR count). The first-order valence-corrected chi connectivity index (χ1v) is 7.87. The predicted molar refractivity (Wildman–Crippen MR) is 89.1 cm³/mol. The molecular formula is C19H19F3N2O. The summed E-state index contributed by atoms with van der Waals surface area (Å²) in [5.41, 5.74) is 0.786. The van der Waals surface area contributed by atoms with Gasteiger partial charge in [0.05, 0.1) is 12.3 Å². The molecule has 3 nitrogen and oxygen atoms in total. The van der Waals surface area contributed by atoms with Crippen LogP contribution in [0.3, 0.4) is 0 Å². The van der Waals surface area contributed by atoms with Crippen LogP contribution >= 0.6 is 0 Å². The normalized spacial score (nSPS) is 12.0. The molecule has 0 saturated carbocycles. The highest BCUT2D eigenvalue weighted by Gasteiger charge is 2.13. The van der Waals surface area contributed by atoms with E-state index < -0.39 is 17.5 Å². The van der Waals surface area contributed by atoms with Gasteiger partial charge in [-0.25, -0.2) is 18.2 Å². The highest BCUT2D eigenvalue weighted by atomic mass is 19.2. The number of aromatic nitrogens is 1. The first kappa shape index (κ1) is 19.0. The fourth-order valence-electron chi connectivity index (χ4n) is 2.13. The topological polar surface area (TPSA) is 45.1 Å². The van der Waals surface area contributed by atoms with E-state index in [1.54, 1.807) is 0 Å². The van der Waals surface area contributed by atoms with Crippen LogP contribution < -0.4 is 5.32 Å². The van der Waals surface area contributed by atoms with Gasteiger partial charge in [0, 0.05) is 18.2 Å². The van der Waals surface area contributed by atoms with Gasteiger partial charge >= 0.3 is 0 Å². The molecule has 0 spiro atoms. The molecule has 1 atom stereocenters. The zero-order valence-electron chi connectivity index (χ0n) is 14.0. The standard InChI is InChI=1S/C19H19F3N2O/c1-12(2)19(11-25)23-10-18-16(21)8-6-14(24-18)5-3-13-4-7-15(20)17(22)9-13/h4,6-9,12,19,23,25H,10-11H2,1-2H3/t19-/m0/s1. The van der Waals surface area contributed by atoms with E-state index in [9.17, 15) is 18.3 Å². The van der Waals surface area contributed by atoms with Crippen molar-refractivity contribution in [3.63, 3.8) is 0 Å². The number of halogens is 3. The molecule has 0 saturated heterocycles. The summed E-state index contributed by atoms with van der Waals surface area (Å²) in [6.07, 6.45) is 0. The number of benzene rings is 1.